The molecule has 1 aliphatic rings. The Labute approximate surface area is 153 Å². The molecule has 0 saturated carbocycles. The van der Waals surface area contributed by atoms with Crippen LogP contribution in [0.15, 0.2) is 46.9 Å². The number of halogens is 1. The van der Waals surface area contributed by atoms with Gasteiger partial charge in [0.05, 0.1) is 22.0 Å². The Bertz CT molecular complexity index is 969. The van der Waals surface area contributed by atoms with Crippen molar-refractivity contribution in [3.8, 4) is 0 Å². The van der Waals surface area contributed by atoms with E-state index in [1.807, 2.05) is 43.4 Å². The van der Waals surface area contributed by atoms with Gasteiger partial charge >= 0.3 is 0 Å². The lowest BCUT2D eigenvalue weighted by atomic mass is 10.1. The van der Waals surface area contributed by atoms with Crippen LogP contribution in [0, 0.1) is 10.1 Å². The van der Waals surface area contributed by atoms with E-state index in [-0.39, 0.29) is 16.7 Å². The fourth-order valence-electron chi connectivity index (χ4n) is 3.67. The molecule has 1 saturated heterocycles. The molecule has 2 aromatic carbocycles. The fourth-order valence-corrected chi connectivity index (χ4v) is 4.02. The third-order valence-electron chi connectivity index (χ3n) is 4.82. The quantitative estimate of drug-likeness (QED) is 0.476. The van der Waals surface area contributed by atoms with Gasteiger partial charge in [0.25, 0.3) is 5.69 Å². The van der Waals surface area contributed by atoms with E-state index in [1.54, 1.807) is 6.07 Å². The van der Waals surface area contributed by atoms with Crippen LogP contribution in [0.25, 0.3) is 11.0 Å². The molecule has 0 spiro atoms. The summed E-state index contributed by atoms with van der Waals surface area (Å²) in [5, 5.41) is 11.5. The molecule has 1 atom stereocenters. The van der Waals surface area contributed by atoms with Crippen molar-refractivity contribution < 1.29 is 4.92 Å². The fraction of sp³-hybridized carbons (Fsp3) is 0.278. The molecule has 0 aliphatic carbocycles. The van der Waals surface area contributed by atoms with Crippen molar-refractivity contribution >= 4 is 38.3 Å². The Morgan fingerprint density at radius 2 is 2.08 bits per heavy atom. The average molecular weight is 401 g/mol. The van der Waals surface area contributed by atoms with Crippen LogP contribution in [0.1, 0.15) is 24.7 Å². The number of benzene rings is 2. The topological polar surface area (TPSA) is 64.2 Å². The van der Waals surface area contributed by atoms with E-state index in [9.17, 15) is 10.1 Å². The van der Waals surface area contributed by atoms with Crippen LogP contribution in [0.4, 0.5) is 11.4 Å². The van der Waals surface area contributed by atoms with Crippen molar-refractivity contribution in [3.05, 3.63) is 62.9 Å². The second-order valence-electron chi connectivity index (χ2n) is 6.26. The van der Waals surface area contributed by atoms with Gasteiger partial charge in [-0.25, -0.2) is 4.98 Å². The molecule has 25 heavy (non-hydrogen) atoms. The highest BCUT2D eigenvalue weighted by Gasteiger charge is 2.33. The van der Waals surface area contributed by atoms with E-state index in [1.165, 1.54) is 0 Å². The van der Waals surface area contributed by atoms with E-state index in [0.717, 1.165) is 36.2 Å². The minimum absolute atomic E-state index is 0.0391. The summed E-state index contributed by atoms with van der Waals surface area (Å²) in [6, 6.07) is 13.3. The van der Waals surface area contributed by atoms with Crippen LogP contribution >= 0.6 is 15.9 Å². The number of nitro groups is 1. The number of nitrogens with zero attached hydrogens (tertiary/aromatic N) is 4. The summed E-state index contributed by atoms with van der Waals surface area (Å²) >= 11 is 3.33. The van der Waals surface area contributed by atoms with E-state index < -0.39 is 0 Å². The smallest absolute Gasteiger partial charge is 0.293 e. The van der Waals surface area contributed by atoms with Gasteiger partial charge in [0, 0.05) is 24.1 Å². The molecular weight excluding hydrogens is 384 g/mol. The van der Waals surface area contributed by atoms with Crippen LogP contribution in [-0.2, 0) is 7.05 Å². The van der Waals surface area contributed by atoms with Gasteiger partial charge in [-0.05, 0) is 37.1 Å². The monoisotopic (exact) mass is 400 g/mol. The number of nitro benzene ring substituents is 1. The average Bonchev–Trinajstić information content (AvgIpc) is 3.20. The Kier molecular flexibility index (Phi) is 3.95. The summed E-state index contributed by atoms with van der Waals surface area (Å²) in [6.45, 7) is 0.788. The number of fused-ring (bicyclic) bond motifs is 1. The van der Waals surface area contributed by atoms with E-state index in [2.05, 4.69) is 25.4 Å². The molecule has 1 aliphatic heterocycles. The number of hydrogen-bond acceptors (Lipinski definition) is 4. The molecule has 3 aromatic rings. The number of imidazole rings is 1. The van der Waals surface area contributed by atoms with Gasteiger partial charge in [-0.2, -0.15) is 0 Å². The first kappa shape index (κ1) is 16.1. The van der Waals surface area contributed by atoms with E-state index in [4.69, 9.17) is 4.98 Å². The highest BCUT2D eigenvalue weighted by molar-refractivity contribution is 9.10. The molecule has 1 aromatic heterocycles. The van der Waals surface area contributed by atoms with Crippen molar-refractivity contribution in [2.24, 2.45) is 7.05 Å². The first-order chi connectivity index (χ1) is 12.1. The summed E-state index contributed by atoms with van der Waals surface area (Å²) in [7, 11) is 2.01. The number of anilines is 1. The summed E-state index contributed by atoms with van der Waals surface area (Å²) < 4.78 is 2.81. The Hall–Kier alpha value is -2.41. The largest absolute Gasteiger partial charge is 0.356 e. The molecule has 7 heteroatoms. The number of aryl methyl sites for hydroxylation is 1. The third kappa shape index (κ3) is 2.68. The molecule has 128 valence electrons. The minimum Gasteiger partial charge on any atom is -0.356 e. The molecule has 6 nitrogen and oxygen atoms in total. The predicted octanol–water partition coefficient (Wildman–Crippen LogP) is 4.59. The normalized spacial score (nSPS) is 17.4. The highest BCUT2D eigenvalue weighted by Crippen LogP contribution is 2.41. The first-order valence-electron chi connectivity index (χ1n) is 8.18. The summed E-state index contributed by atoms with van der Waals surface area (Å²) in [4.78, 5) is 18.1. The molecule has 2 heterocycles. The van der Waals surface area contributed by atoms with Crippen LogP contribution < -0.4 is 4.90 Å². The van der Waals surface area contributed by atoms with Gasteiger partial charge in [0.1, 0.15) is 11.5 Å². The molecule has 0 amide bonds. The lowest BCUT2D eigenvalue weighted by molar-refractivity contribution is -0.384. The summed E-state index contributed by atoms with van der Waals surface area (Å²) in [5.41, 5.74) is 2.81. The van der Waals surface area contributed by atoms with Gasteiger partial charge in [-0.1, -0.05) is 28.1 Å². The van der Waals surface area contributed by atoms with Crippen molar-refractivity contribution in [3.63, 3.8) is 0 Å². The van der Waals surface area contributed by atoms with Crippen molar-refractivity contribution in [1.82, 2.24) is 9.55 Å². The second kappa shape index (κ2) is 6.15. The number of rotatable bonds is 3. The first-order valence-corrected chi connectivity index (χ1v) is 8.97. The van der Waals surface area contributed by atoms with Gasteiger partial charge in [0.2, 0.25) is 0 Å². The van der Waals surface area contributed by atoms with Crippen molar-refractivity contribution in [1.29, 1.82) is 0 Å². The molecule has 4 rings (SSSR count). The molecule has 0 radical (unpaired) electrons. The maximum absolute atomic E-state index is 11.5. The molecule has 0 N–H and O–H groups in total. The lowest BCUT2D eigenvalue weighted by Crippen LogP contribution is -2.25. The second-order valence-corrected chi connectivity index (χ2v) is 7.17. The van der Waals surface area contributed by atoms with Gasteiger partial charge < -0.3 is 9.47 Å². The Balaban J connectivity index is 1.81. The zero-order chi connectivity index (χ0) is 17.6. The number of para-hydroxylation sites is 2. The molecule has 1 fully saturated rings. The Morgan fingerprint density at radius 3 is 2.84 bits per heavy atom. The van der Waals surface area contributed by atoms with Crippen LogP contribution in [0.2, 0.25) is 0 Å². The van der Waals surface area contributed by atoms with Crippen LogP contribution in [0.3, 0.4) is 0 Å². The van der Waals surface area contributed by atoms with Gasteiger partial charge in [0.15, 0.2) is 0 Å². The SMILES string of the molecule is Cn1c([C@@H]2CCCN2c2ccc(Br)cc2[N+](=O)[O-])nc2ccccc21. The Morgan fingerprint density at radius 1 is 1.28 bits per heavy atom. The van der Waals surface area contributed by atoms with Gasteiger partial charge in [-0.3, -0.25) is 10.1 Å². The number of hydrogen-bond donors (Lipinski definition) is 0. The lowest BCUT2D eigenvalue weighted by Gasteiger charge is -2.26. The molecular formula is C18H17BrN4O2. The minimum atomic E-state index is -0.315. The van der Waals surface area contributed by atoms with Crippen LogP contribution in [0.5, 0.6) is 0 Å². The van der Waals surface area contributed by atoms with Crippen molar-refractivity contribution in [2.75, 3.05) is 11.4 Å². The third-order valence-corrected chi connectivity index (χ3v) is 5.31. The zero-order valence-electron chi connectivity index (χ0n) is 13.7. The van der Waals surface area contributed by atoms with E-state index >= 15 is 0 Å². The van der Waals surface area contributed by atoms with E-state index in [0.29, 0.717) is 10.2 Å². The van der Waals surface area contributed by atoms with Crippen molar-refractivity contribution in [2.45, 2.75) is 18.9 Å². The van der Waals surface area contributed by atoms with Crippen LogP contribution in [-0.4, -0.2) is 21.0 Å². The molecule has 0 bridgehead atoms. The summed E-state index contributed by atoms with van der Waals surface area (Å²) in [5.74, 6) is 0.955. The van der Waals surface area contributed by atoms with Gasteiger partial charge in [-0.15, -0.1) is 0 Å². The maximum atomic E-state index is 11.5. The zero-order valence-corrected chi connectivity index (χ0v) is 15.3. The standard InChI is InChI=1S/C18H17BrN4O2/c1-21-14-6-3-2-5-13(14)20-18(21)16-7-4-10-22(16)15-9-8-12(19)11-17(15)23(24)25/h2-3,5-6,8-9,11,16H,4,7,10H2,1H3/t16-/m0/s1. The maximum Gasteiger partial charge on any atom is 0.293 e. The predicted molar refractivity (Wildman–Crippen MR) is 101 cm³/mol. The molecule has 0 unspecified atom stereocenters. The number of aromatic nitrogens is 2. The summed E-state index contributed by atoms with van der Waals surface area (Å²) in [6.07, 6.45) is 1.92. The highest BCUT2D eigenvalue weighted by atomic mass is 79.9.